The Labute approximate surface area is 65.1 Å². The molecule has 0 fully saturated rings. The molecule has 0 spiro atoms. The largest absolute Gasteiger partial charge is 0.380 e. The number of alkyl halides is 1. The first-order chi connectivity index (χ1) is 4.31. The average Bonchev–Trinajstić information content (AvgIpc) is 1.89. The predicted octanol–water partition coefficient (Wildman–Crippen LogP) is 1.01. The second-order valence-electron chi connectivity index (χ2n) is 1.94. The highest BCUT2D eigenvalue weighted by molar-refractivity contribution is 9.09. The highest BCUT2D eigenvalue weighted by Crippen LogP contribution is 1.83. The minimum atomic E-state index is 0.323. The van der Waals surface area contributed by atoms with E-state index in [-0.39, 0.29) is 0 Å². The first-order valence-corrected chi connectivity index (χ1v) is 4.23. The van der Waals surface area contributed by atoms with Gasteiger partial charge in [-0.1, -0.05) is 15.9 Å². The van der Waals surface area contributed by atoms with Gasteiger partial charge in [0, 0.05) is 25.5 Å². The monoisotopic (exact) mass is 195 g/mol. The van der Waals surface area contributed by atoms with Crippen LogP contribution >= 0.6 is 15.9 Å². The Morgan fingerprint density at radius 2 is 2.33 bits per heavy atom. The molecule has 3 heteroatoms. The Morgan fingerprint density at radius 1 is 1.67 bits per heavy atom. The normalized spacial score (nSPS) is 13.7. The third-order valence-corrected chi connectivity index (χ3v) is 1.50. The third kappa shape index (κ3) is 6.28. The van der Waals surface area contributed by atoms with Crippen LogP contribution in [-0.4, -0.2) is 31.6 Å². The third-order valence-electron chi connectivity index (χ3n) is 1.11. The van der Waals surface area contributed by atoms with Crippen molar-refractivity contribution in [1.29, 1.82) is 0 Å². The number of hydrogen-bond donors (Lipinski definition) is 1. The molecule has 9 heavy (non-hydrogen) atoms. The van der Waals surface area contributed by atoms with E-state index in [1.807, 2.05) is 6.92 Å². The molecule has 0 aliphatic heterocycles. The number of methoxy groups -OCH3 is 1. The van der Waals surface area contributed by atoms with Gasteiger partial charge < -0.3 is 10.1 Å². The molecule has 1 unspecified atom stereocenters. The minimum Gasteiger partial charge on any atom is -0.380 e. The van der Waals surface area contributed by atoms with Crippen molar-refractivity contribution < 1.29 is 4.74 Å². The maximum absolute atomic E-state index is 5.02. The van der Waals surface area contributed by atoms with E-state index in [2.05, 4.69) is 21.2 Å². The molecule has 1 N–H and O–H groups in total. The van der Waals surface area contributed by atoms with E-state index in [1.165, 1.54) is 0 Å². The van der Waals surface area contributed by atoms with Crippen molar-refractivity contribution in [2.24, 2.45) is 0 Å². The molecule has 1 atom stereocenters. The molecule has 0 bridgehead atoms. The summed E-state index contributed by atoms with van der Waals surface area (Å²) in [7, 11) is 1.72. The number of nitrogens with one attached hydrogen (secondary N) is 1. The van der Waals surface area contributed by atoms with Crippen molar-refractivity contribution in [2.75, 3.05) is 25.5 Å². The topological polar surface area (TPSA) is 21.3 Å². The van der Waals surface area contributed by atoms with Gasteiger partial charge >= 0.3 is 0 Å². The van der Waals surface area contributed by atoms with Crippen molar-refractivity contribution in [3.8, 4) is 0 Å². The SMILES string of the molecule is COC(C)CNCCBr. The van der Waals surface area contributed by atoms with Gasteiger partial charge in [0.25, 0.3) is 0 Å². The van der Waals surface area contributed by atoms with Crippen LogP contribution in [-0.2, 0) is 4.74 Å². The maximum Gasteiger partial charge on any atom is 0.0667 e. The van der Waals surface area contributed by atoms with E-state index >= 15 is 0 Å². The van der Waals surface area contributed by atoms with Crippen LogP contribution in [0, 0.1) is 0 Å². The zero-order valence-electron chi connectivity index (χ0n) is 5.98. The van der Waals surface area contributed by atoms with Crippen molar-refractivity contribution in [1.82, 2.24) is 5.32 Å². The van der Waals surface area contributed by atoms with Crippen molar-refractivity contribution in [3.05, 3.63) is 0 Å². The second-order valence-corrected chi connectivity index (χ2v) is 2.73. The molecule has 0 aromatic carbocycles. The van der Waals surface area contributed by atoms with Crippen molar-refractivity contribution in [2.45, 2.75) is 13.0 Å². The lowest BCUT2D eigenvalue weighted by Gasteiger charge is -2.08. The van der Waals surface area contributed by atoms with Crippen LogP contribution in [0.5, 0.6) is 0 Å². The van der Waals surface area contributed by atoms with E-state index in [0.29, 0.717) is 6.10 Å². The summed E-state index contributed by atoms with van der Waals surface area (Å²) in [4.78, 5) is 0. The van der Waals surface area contributed by atoms with Gasteiger partial charge in [0.15, 0.2) is 0 Å². The fourth-order valence-electron chi connectivity index (χ4n) is 0.455. The van der Waals surface area contributed by atoms with Gasteiger partial charge in [-0.15, -0.1) is 0 Å². The highest BCUT2D eigenvalue weighted by atomic mass is 79.9. The van der Waals surface area contributed by atoms with E-state index in [4.69, 9.17) is 4.74 Å². The zero-order valence-corrected chi connectivity index (χ0v) is 7.57. The summed E-state index contributed by atoms with van der Waals surface area (Å²) in [6.45, 7) is 3.98. The number of halogens is 1. The molecular weight excluding hydrogens is 182 g/mol. The first-order valence-electron chi connectivity index (χ1n) is 3.10. The molecule has 0 radical (unpaired) electrons. The van der Waals surface area contributed by atoms with Gasteiger partial charge in [0.1, 0.15) is 0 Å². The minimum absolute atomic E-state index is 0.323. The van der Waals surface area contributed by atoms with Crippen LogP contribution in [0.2, 0.25) is 0 Å². The number of hydrogen-bond acceptors (Lipinski definition) is 2. The van der Waals surface area contributed by atoms with Gasteiger partial charge in [-0.3, -0.25) is 0 Å². The van der Waals surface area contributed by atoms with Gasteiger partial charge in [-0.05, 0) is 6.92 Å². The Kier molecular flexibility index (Phi) is 6.81. The summed E-state index contributed by atoms with van der Waals surface area (Å²) in [6, 6.07) is 0. The molecule has 0 saturated heterocycles. The van der Waals surface area contributed by atoms with Crippen molar-refractivity contribution in [3.63, 3.8) is 0 Å². The Balaban J connectivity index is 2.88. The standard InChI is InChI=1S/C6H14BrNO/c1-6(9-2)5-8-4-3-7/h6,8H,3-5H2,1-2H3. The summed E-state index contributed by atoms with van der Waals surface area (Å²) in [5.74, 6) is 0. The van der Waals surface area contributed by atoms with Crippen molar-refractivity contribution >= 4 is 15.9 Å². The van der Waals surface area contributed by atoms with E-state index in [1.54, 1.807) is 7.11 Å². The summed E-state index contributed by atoms with van der Waals surface area (Å²) >= 11 is 3.32. The van der Waals surface area contributed by atoms with Crippen LogP contribution in [0.4, 0.5) is 0 Å². The van der Waals surface area contributed by atoms with Crippen LogP contribution < -0.4 is 5.32 Å². The van der Waals surface area contributed by atoms with E-state index in [0.717, 1.165) is 18.4 Å². The summed E-state index contributed by atoms with van der Waals surface area (Å²) in [6.07, 6.45) is 0.323. The number of rotatable bonds is 5. The molecule has 0 rings (SSSR count). The smallest absolute Gasteiger partial charge is 0.0667 e. The molecule has 0 aliphatic rings. The van der Waals surface area contributed by atoms with Crippen LogP contribution in [0.1, 0.15) is 6.92 Å². The molecule has 0 aliphatic carbocycles. The quantitative estimate of drug-likeness (QED) is 0.523. The Bertz CT molecular complexity index is 61.0. The van der Waals surface area contributed by atoms with Crippen LogP contribution in [0.15, 0.2) is 0 Å². The summed E-state index contributed by atoms with van der Waals surface area (Å²) < 4.78 is 5.02. The van der Waals surface area contributed by atoms with Gasteiger partial charge in [-0.25, -0.2) is 0 Å². The van der Waals surface area contributed by atoms with E-state index in [9.17, 15) is 0 Å². The van der Waals surface area contributed by atoms with Gasteiger partial charge in [0.05, 0.1) is 6.10 Å². The second kappa shape index (κ2) is 6.52. The lowest BCUT2D eigenvalue weighted by atomic mass is 10.4. The molecule has 56 valence electrons. The first kappa shape index (κ1) is 9.40. The zero-order chi connectivity index (χ0) is 7.11. The Hall–Kier alpha value is 0.400. The molecule has 0 amide bonds. The summed E-state index contributed by atoms with van der Waals surface area (Å²) in [5.41, 5.74) is 0. The Morgan fingerprint density at radius 3 is 2.78 bits per heavy atom. The number of ether oxygens (including phenoxy) is 1. The maximum atomic E-state index is 5.02. The fourth-order valence-corrected chi connectivity index (χ4v) is 0.736. The van der Waals surface area contributed by atoms with Crippen LogP contribution in [0.25, 0.3) is 0 Å². The molecule has 0 aromatic rings. The summed E-state index contributed by atoms with van der Waals surface area (Å²) in [5, 5.41) is 4.22. The predicted molar refractivity (Wildman–Crippen MR) is 43.1 cm³/mol. The highest BCUT2D eigenvalue weighted by Gasteiger charge is 1.95. The fraction of sp³-hybridized carbons (Fsp3) is 1.00. The molecule has 2 nitrogen and oxygen atoms in total. The van der Waals surface area contributed by atoms with Crippen LogP contribution in [0.3, 0.4) is 0 Å². The lowest BCUT2D eigenvalue weighted by molar-refractivity contribution is 0.118. The molecule has 0 saturated carbocycles. The average molecular weight is 196 g/mol. The van der Waals surface area contributed by atoms with Gasteiger partial charge in [0.2, 0.25) is 0 Å². The molecule has 0 heterocycles. The van der Waals surface area contributed by atoms with Gasteiger partial charge in [-0.2, -0.15) is 0 Å². The van der Waals surface area contributed by atoms with E-state index < -0.39 is 0 Å². The molecule has 0 aromatic heterocycles. The lowest BCUT2D eigenvalue weighted by Crippen LogP contribution is -2.27. The molecular formula is C6H14BrNO.